The van der Waals surface area contributed by atoms with E-state index in [1.807, 2.05) is 21.1 Å². The molecule has 2 unspecified atom stereocenters. The van der Waals surface area contributed by atoms with Crippen LogP contribution in [0.2, 0.25) is 0 Å². The molecule has 0 amide bonds. The number of ether oxygens (including phenoxy) is 3. The van der Waals surface area contributed by atoms with Crippen molar-refractivity contribution < 1.29 is 38.2 Å². The van der Waals surface area contributed by atoms with E-state index in [0.717, 1.165) is 57.8 Å². The van der Waals surface area contributed by atoms with Gasteiger partial charge in [0.25, 0.3) is 0 Å². The molecule has 0 aromatic carbocycles. The molecule has 0 aromatic rings. The van der Waals surface area contributed by atoms with Crippen molar-refractivity contribution in [2.45, 2.75) is 187 Å². The fraction of sp³-hybridized carbons (Fsp3) is 0.700. The minimum absolute atomic E-state index is 0.0374. The first-order chi connectivity index (χ1) is 28.1. The van der Waals surface area contributed by atoms with Crippen LogP contribution in [0.25, 0.3) is 0 Å². The van der Waals surface area contributed by atoms with E-state index < -0.39 is 18.1 Å². The van der Waals surface area contributed by atoms with Gasteiger partial charge in [-0.2, -0.15) is 0 Å². The van der Waals surface area contributed by atoms with Crippen LogP contribution < -0.4 is 0 Å². The molecule has 8 nitrogen and oxygen atoms in total. The highest BCUT2D eigenvalue weighted by Gasteiger charge is 2.31. The zero-order valence-corrected chi connectivity index (χ0v) is 37.7. The summed E-state index contributed by atoms with van der Waals surface area (Å²) in [6.07, 6.45) is 50.9. The molecule has 0 aromatic heterocycles. The Balaban J connectivity index is 4.44. The van der Waals surface area contributed by atoms with Crippen LogP contribution >= 0.6 is 0 Å². The molecule has 0 heterocycles. The molecule has 0 fully saturated rings. The Morgan fingerprint density at radius 1 is 0.517 bits per heavy atom. The first kappa shape index (κ1) is 54.8. The van der Waals surface area contributed by atoms with E-state index in [-0.39, 0.29) is 42.7 Å². The number of carbonyl (C=O) groups is 3. The number of nitrogens with zero attached hydrogens (tertiary/aromatic N) is 1. The zero-order chi connectivity index (χ0) is 42.8. The lowest BCUT2D eigenvalue weighted by Gasteiger charge is -2.31. The summed E-state index contributed by atoms with van der Waals surface area (Å²) in [5.74, 6) is -1.56. The van der Waals surface area contributed by atoms with Crippen LogP contribution in [0.4, 0.5) is 0 Å². The molecular formula is C50H86NO7+. The average molecular weight is 813 g/mol. The number of carboxylic acids is 1. The van der Waals surface area contributed by atoms with E-state index >= 15 is 0 Å². The van der Waals surface area contributed by atoms with Crippen LogP contribution in [0.3, 0.4) is 0 Å². The van der Waals surface area contributed by atoms with Crippen molar-refractivity contribution in [2.75, 3.05) is 41.0 Å². The third-order valence-electron chi connectivity index (χ3n) is 9.83. The first-order valence-electron chi connectivity index (χ1n) is 23.0. The topological polar surface area (TPSA) is 99.1 Å². The third kappa shape index (κ3) is 38.3. The lowest BCUT2D eigenvalue weighted by molar-refractivity contribution is -0.887. The molecule has 8 heteroatoms. The van der Waals surface area contributed by atoms with Crippen molar-refractivity contribution in [1.82, 2.24) is 0 Å². The van der Waals surface area contributed by atoms with Gasteiger partial charge < -0.3 is 23.8 Å². The predicted molar refractivity (Wildman–Crippen MR) is 243 cm³/mol. The molecule has 0 saturated carbocycles. The van der Waals surface area contributed by atoms with E-state index in [1.54, 1.807) is 0 Å². The van der Waals surface area contributed by atoms with E-state index in [4.69, 9.17) is 14.2 Å². The molecule has 0 aliphatic rings. The summed E-state index contributed by atoms with van der Waals surface area (Å²) in [4.78, 5) is 37.0. The number of aliphatic carboxylic acids is 1. The van der Waals surface area contributed by atoms with Gasteiger partial charge in [-0.25, -0.2) is 4.79 Å². The van der Waals surface area contributed by atoms with E-state index in [0.29, 0.717) is 19.3 Å². The first-order valence-corrected chi connectivity index (χ1v) is 23.0. The summed E-state index contributed by atoms with van der Waals surface area (Å²) in [5, 5.41) is 9.63. The second-order valence-electron chi connectivity index (χ2n) is 16.3. The summed E-state index contributed by atoms with van der Waals surface area (Å²) >= 11 is 0. The predicted octanol–water partition coefficient (Wildman–Crippen LogP) is 12.7. The third-order valence-corrected chi connectivity index (χ3v) is 9.83. The molecule has 0 saturated heterocycles. The Bertz CT molecular complexity index is 1180. The van der Waals surface area contributed by atoms with Crippen molar-refractivity contribution in [1.29, 1.82) is 0 Å². The number of unbranched alkanes of at least 4 members (excludes halogenated alkanes) is 14. The van der Waals surface area contributed by atoms with Crippen LogP contribution in [0.15, 0.2) is 72.9 Å². The molecule has 1 N–H and O–H groups in total. The van der Waals surface area contributed by atoms with Gasteiger partial charge >= 0.3 is 17.9 Å². The maximum absolute atomic E-state index is 12.7. The Hall–Kier alpha value is -3.23. The molecule has 0 bridgehead atoms. The van der Waals surface area contributed by atoms with Crippen LogP contribution in [-0.4, -0.2) is 80.6 Å². The maximum atomic E-state index is 12.7. The lowest BCUT2D eigenvalue weighted by Crippen LogP contribution is -2.50. The SMILES string of the molecule is CCCCC/C=C/C/C=C/C/C=C/C/C=C/CCCC(=O)OCC(COCCC(C(=O)O)[N+](C)(C)C)OC(=O)CCCCCCCCC/C=C/C/C=C/CCCCC. The average Bonchev–Trinajstić information content (AvgIpc) is 3.18. The highest BCUT2D eigenvalue weighted by Crippen LogP contribution is 2.13. The summed E-state index contributed by atoms with van der Waals surface area (Å²) in [5.41, 5.74) is 0. The number of carboxylic acid groups (broad SMARTS) is 1. The number of carbonyl (C=O) groups excluding carboxylic acids is 2. The summed E-state index contributed by atoms with van der Waals surface area (Å²) in [6, 6.07) is -0.627. The number of hydrogen-bond donors (Lipinski definition) is 1. The monoisotopic (exact) mass is 813 g/mol. The molecule has 0 aliphatic carbocycles. The Labute approximate surface area is 355 Å². The van der Waals surface area contributed by atoms with Crippen LogP contribution in [0, 0.1) is 0 Å². The lowest BCUT2D eigenvalue weighted by atomic mass is 10.1. The van der Waals surface area contributed by atoms with Crippen LogP contribution in [0.5, 0.6) is 0 Å². The number of likely N-dealkylation sites (N-methyl/N-ethyl adjacent to an activating group) is 1. The van der Waals surface area contributed by atoms with Gasteiger partial charge in [-0.3, -0.25) is 9.59 Å². The number of quaternary nitrogens is 1. The van der Waals surface area contributed by atoms with Gasteiger partial charge in [-0.05, 0) is 83.5 Å². The second-order valence-corrected chi connectivity index (χ2v) is 16.3. The van der Waals surface area contributed by atoms with Gasteiger partial charge in [0.05, 0.1) is 34.4 Å². The smallest absolute Gasteiger partial charge is 0.362 e. The molecule has 2 atom stereocenters. The number of esters is 2. The summed E-state index contributed by atoms with van der Waals surface area (Å²) in [7, 11) is 5.50. The quantitative estimate of drug-likeness (QED) is 0.0285. The molecule has 0 spiro atoms. The molecule has 0 radical (unpaired) electrons. The second kappa shape index (κ2) is 40.5. The summed E-state index contributed by atoms with van der Waals surface area (Å²) < 4.78 is 17.2. The fourth-order valence-electron chi connectivity index (χ4n) is 6.23. The van der Waals surface area contributed by atoms with E-state index in [2.05, 4.69) is 86.8 Å². The largest absolute Gasteiger partial charge is 0.477 e. The van der Waals surface area contributed by atoms with Gasteiger partial charge in [0.2, 0.25) is 0 Å². The van der Waals surface area contributed by atoms with E-state index in [1.165, 1.54) is 77.0 Å². The Morgan fingerprint density at radius 3 is 1.40 bits per heavy atom. The summed E-state index contributed by atoms with van der Waals surface area (Å²) in [6.45, 7) is 4.61. The minimum atomic E-state index is -0.886. The van der Waals surface area contributed by atoms with Crippen molar-refractivity contribution >= 4 is 17.9 Å². The fourth-order valence-corrected chi connectivity index (χ4v) is 6.23. The highest BCUT2D eigenvalue weighted by molar-refractivity contribution is 5.72. The molecule has 332 valence electrons. The normalized spacial score (nSPS) is 13.6. The van der Waals surface area contributed by atoms with Gasteiger partial charge in [0, 0.05) is 19.3 Å². The zero-order valence-electron chi connectivity index (χ0n) is 37.7. The van der Waals surface area contributed by atoms with Crippen molar-refractivity contribution in [3.05, 3.63) is 72.9 Å². The number of hydrogen-bond acceptors (Lipinski definition) is 6. The van der Waals surface area contributed by atoms with Crippen LogP contribution in [-0.2, 0) is 28.6 Å². The van der Waals surface area contributed by atoms with Crippen LogP contribution in [0.1, 0.15) is 174 Å². The number of allylic oxidation sites excluding steroid dienone is 12. The molecule has 0 aliphatic heterocycles. The Kier molecular flexibility index (Phi) is 38.3. The molecule has 58 heavy (non-hydrogen) atoms. The van der Waals surface area contributed by atoms with Gasteiger partial charge in [-0.15, -0.1) is 0 Å². The van der Waals surface area contributed by atoms with Crippen molar-refractivity contribution in [2.24, 2.45) is 0 Å². The maximum Gasteiger partial charge on any atom is 0.362 e. The molecular weight excluding hydrogens is 727 g/mol. The van der Waals surface area contributed by atoms with Crippen molar-refractivity contribution in [3.8, 4) is 0 Å². The van der Waals surface area contributed by atoms with Gasteiger partial charge in [0.1, 0.15) is 6.61 Å². The van der Waals surface area contributed by atoms with E-state index in [9.17, 15) is 19.5 Å². The number of rotatable bonds is 40. The van der Waals surface area contributed by atoms with Gasteiger partial charge in [-0.1, -0.05) is 145 Å². The van der Waals surface area contributed by atoms with Gasteiger partial charge in [0.15, 0.2) is 12.1 Å². The highest BCUT2D eigenvalue weighted by atomic mass is 16.6. The standard InChI is InChI=1S/C50H85NO7/c1-6-8-10-12-14-16-18-20-22-24-26-28-30-32-34-36-38-40-48(52)57-45-46(44-56-43-42-47(50(54)55)51(3,4)5)58-49(53)41-39-37-35-33-31-29-27-25-23-21-19-17-15-13-11-9-7-2/h14-17,20-23,26,28,32,34,46-47H,6-13,18-19,24-25,27,29-31,33,35-45H2,1-5H3/p+1/b16-14+,17-15+,22-20+,23-21+,28-26+,34-32+. The Morgan fingerprint density at radius 2 is 0.931 bits per heavy atom. The molecule has 0 rings (SSSR count). The minimum Gasteiger partial charge on any atom is -0.477 e. The van der Waals surface area contributed by atoms with Crippen molar-refractivity contribution in [3.63, 3.8) is 0 Å².